The second-order valence-corrected chi connectivity index (χ2v) is 6.23. The molecule has 2 heterocycles. The molecule has 3 aromatic rings. The number of Topliss-reactive ketones (excluding diaryl/α,β-unsaturated/α-hetero) is 1. The van der Waals surface area contributed by atoms with Crippen molar-refractivity contribution in [3.63, 3.8) is 0 Å². The van der Waals surface area contributed by atoms with E-state index in [1.54, 1.807) is 17.5 Å². The molecule has 4 nitrogen and oxygen atoms in total. The first-order chi connectivity index (χ1) is 10.6. The molecule has 2 aromatic heterocycles. The van der Waals surface area contributed by atoms with Crippen LogP contribution >= 0.6 is 11.6 Å². The zero-order chi connectivity index (χ0) is 15.3. The number of nitrogens with zero attached hydrogens (tertiary/aromatic N) is 3. The lowest BCUT2D eigenvalue weighted by atomic mass is 9.91. The van der Waals surface area contributed by atoms with Gasteiger partial charge in [0, 0.05) is 17.4 Å². The quantitative estimate of drug-likeness (QED) is 0.693. The summed E-state index contributed by atoms with van der Waals surface area (Å²) in [5, 5.41) is 9.34. The standard InChI is InChI=1S/C17H14ClN3O/c1-11(22)14-3-2-4-15-16(19-20-21(14)15)17(9-10-17)12-5-7-13(18)8-6-12/h2-8H,9-10H2,1H3. The van der Waals surface area contributed by atoms with Crippen LogP contribution in [0.5, 0.6) is 0 Å². The number of carbonyl (C=O) groups is 1. The Balaban J connectivity index is 1.90. The Hall–Kier alpha value is -2.20. The van der Waals surface area contributed by atoms with Crippen LogP contribution in [0.1, 0.15) is 41.5 Å². The molecule has 1 aliphatic carbocycles. The van der Waals surface area contributed by atoms with Crippen molar-refractivity contribution in [3.05, 3.63) is 64.4 Å². The summed E-state index contributed by atoms with van der Waals surface area (Å²) in [6.07, 6.45) is 2.07. The topological polar surface area (TPSA) is 47.3 Å². The molecular formula is C17H14ClN3O. The first-order valence-electron chi connectivity index (χ1n) is 7.24. The molecule has 4 rings (SSSR count). The number of aromatic nitrogens is 3. The average Bonchev–Trinajstić information content (AvgIpc) is 3.20. The Bertz CT molecular complexity index is 879. The highest BCUT2D eigenvalue weighted by molar-refractivity contribution is 6.30. The van der Waals surface area contributed by atoms with Gasteiger partial charge in [0.25, 0.3) is 0 Å². The largest absolute Gasteiger partial charge is 0.293 e. The van der Waals surface area contributed by atoms with Gasteiger partial charge in [-0.05, 0) is 42.7 Å². The van der Waals surface area contributed by atoms with Crippen LogP contribution in [0.15, 0.2) is 42.5 Å². The zero-order valence-corrected chi connectivity index (χ0v) is 12.8. The van der Waals surface area contributed by atoms with Gasteiger partial charge in [0.15, 0.2) is 5.78 Å². The molecule has 0 unspecified atom stereocenters. The van der Waals surface area contributed by atoms with E-state index in [-0.39, 0.29) is 11.2 Å². The molecular weight excluding hydrogens is 298 g/mol. The van der Waals surface area contributed by atoms with Crippen LogP contribution < -0.4 is 0 Å². The summed E-state index contributed by atoms with van der Waals surface area (Å²) in [5.74, 6) is -0.0154. The smallest absolute Gasteiger partial charge is 0.178 e. The van der Waals surface area contributed by atoms with Gasteiger partial charge in [0.1, 0.15) is 11.4 Å². The van der Waals surface area contributed by atoms with Gasteiger partial charge in [0.2, 0.25) is 0 Å². The van der Waals surface area contributed by atoms with Crippen LogP contribution in [-0.4, -0.2) is 20.6 Å². The zero-order valence-electron chi connectivity index (χ0n) is 12.1. The summed E-state index contributed by atoms with van der Waals surface area (Å²) in [6.45, 7) is 1.54. The van der Waals surface area contributed by atoms with Gasteiger partial charge >= 0.3 is 0 Å². The molecule has 0 bridgehead atoms. The van der Waals surface area contributed by atoms with Gasteiger partial charge in [-0.2, -0.15) is 0 Å². The van der Waals surface area contributed by atoms with Gasteiger partial charge < -0.3 is 0 Å². The fourth-order valence-corrected chi connectivity index (χ4v) is 3.21. The van der Waals surface area contributed by atoms with Gasteiger partial charge in [-0.25, -0.2) is 4.52 Å². The fourth-order valence-electron chi connectivity index (χ4n) is 3.08. The van der Waals surface area contributed by atoms with Gasteiger partial charge in [-0.15, -0.1) is 5.10 Å². The molecule has 0 atom stereocenters. The second kappa shape index (κ2) is 4.65. The van der Waals surface area contributed by atoms with E-state index < -0.39 is 0 Å². The van der Waals surface area contributed by atoms with Crippen LogP contribution in [-0.2, 0) is 5.41 Å². The summed E-state index contributed by atoms with van der Waals surface area (Å²) in [7, 11) is 0. The number of rotatable bonds is 3. The minimum Gasteiger partial charge on any atom is -0.293 e. The maximum absolute atomic E-state index is 11.7. The summed E-state index contributed by atoms with van der Waals surface area (Å²) in [5.41, 5.74) is 3.51. The van der Waals surface area contributed by atoms with Crippen LogP contribution in [0, 0.1) is 0 Å². The van der Waals surface area contributed by atoms with Gasteiger partial charge in [0.05, 0.1) is 5.52 Å². The van der Waals surface area contributed by atoms with Crippen molar-refractivity contribution in [2.75, 3.05) is 0 Å². The van der Waals surface area contributed by atoms with Crippen LogP contribution in [0.25, 0.3) is 5.52 Å². The number of hydrogen-bond donors (Lipinski definition) is 0. The first-order valence-corrected chi connectivity index (χ1v) is 7.61. The third-order valence-corrected chi connectivity index (χ3v) is 4.65. The highest BCUT2D eigenvalue weighted by Gasteiger charge is 2.49. The van der Waals surface area contributed by atoms with E-state index in [1.807, 2.05) is 24.3 Å². The number of carbonyl (C=O) groups excluding carboxylic acids is 1. The lowest BCUT2D eigenvalue weighted by Gasteiger charge is -2.13. The van der Waals surface area contributed by atoms with Crippen molar-refractivity contribution in [3.8, 4) is 0 Å². The van der Waals surface area contributed by atoms with Crippen molar-refractivity contribution in [2.24, 2.45) is 0 Å². The Kier molecular flexibility index (Phi) is 2.84. The normalized spacial score (nSPS) is 15.9. The predicted molar refractivity (Wildman–Crippen MR) is 84.5 cm³/mol. The molecule has 5 heteroatoms. The lowest BCUT2D eigenvalue weighted by molar-refractivity contribution is 0.101. The number of halogens is 1. The molecule has 0 amide bonds. The number of ketones is 1. The maximum Gasteiger partial charge on any atom is 0.178 e. The van der Waals surface area contributed by atoms with E-state index in [0.717, 1.165) is 29.1 Å². The summed E-state index contributed by atoms with van der Waals surface area (Å²) in [6, 6.07) is 13.5. The highest BCUT2D eigenvalue weighted by atomic mass is 35.5. The minimum atomic E-state index is -0.0955. The number of pyridine rings is 1. The fraction of sp³-hybridized carbons (Fsp3) is 0.235. The van der Waals surface area contributed by atoms with E-state index >= 15 is 0 Å². The van der Waals surface area contributed by atoms with Crippen molar-refractivity contribution >= 4 is 22.9 Å². The van der Waals surface area contributed by atoms with Crippen molar-refractivity contribution in [1.82, 2.24) is 14.8 Å². The first kappa shape index (κ1) is 13.5. The van der Waals surface area contributed by atoms with Crippen molar-refractivity contribution in [1.29, 1.82) is 0 Å². The van der Waals surface area contributed by atoms with E-state index in [1.165, 1.54) is 5.56 Å². The number of hydrogen-bond acceptors (Lipinski definition) is 3. The van der Waals surface area contributed by atoms with Crippen molar-refractivity contribution in [2.45, 2.75) is 25.2 Å². The molecule has 0 spiro atoms. The van der Waals surface area contributed by atoms with Crippen LogP contribution in [0.3, 0.4) is 0 Å². The Labute approximate surface area is 132 Å². The second-order valence-electron chi connectivity index (χ2n) is 5.79. The van der Waals surface area contributed by atoms with E-state index in [0.29, 0.717) is 5.69 Å². The van der Waals surface area contributed by atoms with Gasteiger partial charge in [-0.1, -0.05) is 35.0 Å². The molecule has 0 radical (unpaired) electrons. The summed E-state index contributed by atoms with van der Waals surface area (Å²) >= 11 is 5.99. The van der Waals surface area contributed by atoms with Crippen LogP contribution in [0.4, 0.5) is 0 Å². The average molecular weight is 312 g/mol. The number of benzene rings is 1. The third-order valence-electron chi connectivity index (χ3n) is 4.40. The lowest BCUT2D eigenvalue weighted by Crippen LogP contribution is -2.10. The maximum atomic E-state index is 11.7. The van der Waals surface area contributed by atoms with Gasteiger partial charge in [-0.3, -0.25) is 4.79 Å². The monoisotopic (exact) mass is 311 g/mol. The number of fused-ring (bicyclic) bond motifs is 1. The molecule has 0 saturated heterocycles. The minimum absolute atomic E-state index is 0.0154. The summed E-state index contributed by atoms with van der Waals surface area (Å²) in [4.78, 5) is 11.7. The molecule has 1 aromatic carbocycles. The van der Waals surface area contributed by atoms with E-state index in [9.17, 15) is 4.79 Å². The van der Waals surface area contributed by atoms with E-state index in [4.69, 9.17) is 11.6 Å². The molecule has 22 heavy (non-hydrogen) atoms. The van der Waals surface area contributed by atoms with E-state index in [2.05, 4.69) is 22.4 Å². The summed E-state index contributed by atoms with van der Waals surface area (Å²) < 4.78 is 1.65. The van der Waals surface area contributed by atoms with Crippen molar-refractivity contribution < 1.29 is 4.79 Å². The molecule has 1 saturated carbocycles. The highest BCUT2D eigenvalue weighted by Crippen LogP contribution is 2.53. The Morgan fingerprint density at radius 1 is 1.18 bits per heavy atom. The third kappa shape index (κ3) is 1.87. The Morgan fingerprint density at radius 3 is 2.55 bits per heavy atom. The SMILES string of the molecule is CC(=O)c1cccc2c(C3(c4ccc(Cl)cc4)CC3)nnn12. The molecule has 0 N–H and O–H groups in total. The molecule has 1 aliphatic rings. The molecule has 110 valence electrons. The van der Waals surface area contributed by atoms with Crippen LogP contribution in [0.2, 0.25) is 5.02 Å². The molecule has 0 aliphatic heterocycles. The Morgan fingerprint density at radius 2 is 1.91 bits per heavy atom. The molecule has 1 fully saturated rings. The predicted octanol–water partition coefficient (Wildman–Crippen LogP) is 3.67.